The van der Waals surface area contributed by atoms with Crippen LogP contribution >= 0.6 is 0 Å². The molecule has 5 nitrogen and oxygen atoms in total. The number of hydrogen-bond acceptors (Lipinski definition) is 4. The molecule has 2 N–H and O–H groups in total. The lowest BCUT2D eigenvalue weighted by molar-refractivity contribution is -0.151. The third-order valence-corrected chi connectivity index (χ3v) is 2.45. The summed E-state index contributed by atoms with van der Waals surface area (Å²) in [5, 5.41) is 0. The SMILES string of the molecule is CN(C)C(=O)COC(=O)CCc1ccc(N)cc1. The average molecular weight is 250 g/mol. The van der Waals surface area contributed by atoms with Crippen LogP contribution < -0.4 is 5.73 Å². The van der Waals surface area contributed by atoms with Crippen LogP contribution in [-0.4, -0.2) is 37.5 Å². The van der Waals surface area contributed by atoms with Gasteiger partial charge in [0.2, 0.25) is 0 Å². The molecule has 0 fully saturated rings. The highest BCUT2D eigenvalue weighted by molar-refractivity contribution is 5.80. The van der Waals surface area contributed by atoms with Gasteiger partial charge in [-0.05, 0) is 24.1 Å². The van der Waals surface area contributed by atoms with Gasteiger partial charge in [-0.2, -0.15) is 0 Å². The summed E-state index contributed by atoms with van der Waals surface area (Å²) < 4.78 is 4.86. The lowest BCUT2D eigenvalue weighted by Crippen LogP contribution is -2.27. The Morgan fingerprint density at radius 2 is 1.83 bits per heavy atom. The van der Waals surface area contributed by atoms with E-state index in [1.807, 2.05) is 12.1 Å². The molecule has 0 aromatic heterocycles. The van der Waals surface area contributed by atoms with Gasteiger partial charge in [0.1, 0.15) is 0 Å². The molecule has 18 heavy (non-hydrogen) atoms. The number of esters is 1. The van der Waals surface area contributed by atoms with E-state index in [2.05, 4.69) is 0 Å². The van der Waals surface area contributed by atoms with Crippen LogP contribution in [0.4, 0.5) is 5.69 Å². The number of nitrogens with zero attached hydrogens (tertiary/aromatic N) is 1. The minimum absolute atomic E-state index is 0.201. The molecule has 1 rings (SSSR count). The van der Waals surface area contributed by atoms with Crippen molar-refractivity contribution >= 4 is 17.6 Å². The molecular weight excluding hydrogens is 232 g/mol. The van der Waals surface area contributed by atoms with Gasteiger partial charge in [0.05, 0.1) is 0 Å². The van der Waals surface area contributed by atoms with Crippen molar-refractivity contribution in [2.45, 2.75) is 12.8 Å². The number of carbonyl (C=O) groups excluding carboxylic acids is 2. The highest BCUT2D eigenvalue weighted by atomic mass is 16.5. The zero-order valence-electron chi connectivity index (χ0n) is 10.7. The van der Waals surface area contributed by atoms with E-state index in [9.17, 15) is 9.59 Å². The fourth-order valence-corrected chi connectivity index (χ4v) is 1.27. The van der Waals surface area contributed by atoms with Gasteiger partial charge in [0.15, 0.2) is 6.61 Å². The lowest BCUT2D eigenvalue weighted by Gasteiger charge is -2.10. The van der Waals surface area contributed by atoms with Crippen molar-refractivity contribution in [1.29, 1.82) is 0 Å². The van der Waals surface area contributed by atoms with Crippen molar-refractivity contribution in [3.63, 3.8) is 0 Å². The van der Waals surface area contributed by atoms with Gasteiger partial charge in [-0.1, -0.05) is 12.1 Å². The maximum absolute atomic E-state index is 11.4. The summed E-state index contributed by atoms with van der Waals surface area (Å²) in [6.45, 7) is -0.201. The first kappa shape index (κ1) is 14.0. The van der Waals surface area contributed by atoms with Gasteiger partial charge in [-0.3, -0.25) is 9.59 Å². The predicted molar refractivity (Wildman–Crippen MR) is 68.8 cm³/mol. The largest absolute Gasteiger partial charge is 0.456 e. The van der Waals surface area contributed by atoms with Crippen LogP contribution in [0.1, 0.15) is 12.0 Å². The minimum Gasteiger partial charge on any atom is -0.456 e. The topological polar surface area (TPSA) is 72.6 Å². The van der Waals surface area contributed by atoms with Gasteiger partial charge in [-0.15, -0.1) is 0 Å². The second kappa shape index (κ2) is 6.64. The normalized spacial score (nSPS) is 9.89. The molecule has 0 aliphatic heterocycles. The highest BCUT2D eigenvalue weighted by Gasteiger charge is 2.09. The number of nitrogens with two attached hydrogens (primary N) is 1. The van der Waals surface area contributed by atoms with Gasteiger partial charge in [0, 0.05) is 26.2 Å². The van der Waals surface area contributed by atoms with Crippen LogP contribution in [0.3, 0.4) is 0 Å². The number of likely N-dealkylation sites (N-methyl/N-ethyl adjacent to an activating group) is 1. The van der Waals surface area contributed by atoms with Crippen molar-refractivity contribution in [1.82, 2.24) is 4.90 Å². The summed E-state index contributed by atoms with van der Waals surface area (Å²) in [4.78, 5) is 24.0. The summed E-state index contributed by atoms with van der Waals surface area (Å²) in [5.74, 6) is -0.599. The quantitative estimate of drug-likeness (QED) is 0.620. The average Bonchev–Trinajstić information content (AvgIpc) is 2.35. The van der Waals surface area contributed by atoms with E-state index in [1.165, 1.54) is 4.90 Å². The zero-order chi connectivity index (χ0) is 13.5. The molecular formula is C13H18N2O3. The first-order valence-corrected chi connectivity index (χ1v) is 5.69. The zero-order valence-corrected chi connectivity index (χ0v) is 10.7. The Labute approximate surface area is 107 Å². The number of anilines is 1. The van der Waals surface area contributed by atoms with E-state index in [0.29, 0.717) is 12.1 Å². The highest BCUT2D eigenvalue weighted by Crippen LogP contribution is 2.08. The van der Waals surface area contributed by atoms with E-state index in [1.54, 1.807) is 26.2 Å². The summed E-state index contributed by atoms with van der Waals surface area (Å²) in [6, 6.07) is 7.31. The van der Waals surface area contributed by atoms with Crippen LogP contribution in [-0.2, 0) is 20.7 Å². The molecule has 0 aliphatic rings. The number of hydrogen-bond donors (Lipinski definition) is 1. The van der Waals surface area contributed by atoms with Crippen LogP contribution in [0.15, 0.2) is 24.3 Å². The van der Waals surface area contributed by atoms with Gasteiger partial charge < -0.3 is 15.4 Å². The van der Waals surface area contributed by atoms with Crippen LogP contribution in [0, 0.1) is 0 Å². The molecule has 1 amide bonds. The maximum atomic E-state index is 11.4. The summed E-state index contributed by atoms with van der Waals surface area (Å²) >= 11 is 0. The second-order valence-corrected chi connectivity index (χ2v) is 4.19. The fraction of sp³-hybridized carbons (Fsp3) is 0.385. The van der Waals surface area contributed by atoms with Crippen LogP contribution in [0.5, 0.6) is 0 Å². The number of benzene rings is 1. The number of ether oxygens (including phenoxy) is 1. The number of carbonyl (C=O) groups is 2. The molecule has 0 atom stereocenters. The van der Waals surface area contributed by atoms with Crippen molar-refractivity contribution in [2.75, 3.05) is 26.4 Å². The summed E-state index contributed by atoms with van der Waals surface area (Å²) in [5.41, 5.74) is 7.26. The molecule has 0 radical (unpaired) electrons. The monoisotopic (exact) mass is 250 g/mol. The Morgan fingerprint density at radius 3 is 2.39 bits per heavy atom. The molecule has 5 heteroatoms. The third kappa shape index (κ3) is 4.86. The van der Waals surface area contributed by atoms with E-state index in [4.69, 9.17) is 10.5 Å². The van der Waals surface area contributed by atoms with Gasteiger partial charge >= 0.3 is 5.97 Å². The molecule has 0 saturated carbocycles. The second-order valence-electron chi connectivity index (χ2n) is 4.19. The van der Waals surface area contributed by atoms with E-state index in [-0.39, 0.29) is 24.9 Å². The fourth-order valence-electron chi connectivity index (χ4n) is 1.27. The van der Waals surface area contributed by atoms with Crippen molar-refractivity contribution < 1.29 is 14.3 Å². The Morgan fingerprint density at radius 1 is 1.22 bits per heavy atom. The number of amides is 1. The number of rotatable bonds is 5. The van der Waals surface area contributed by atoms with E-state index in [0.717, 1.165) is 5.56 Å². The lowest BCUT2D eigenvalue weighted by atomic mass is 10.1. The van der Waals surface area contributed by atoms with Gasteiger partial charge in [0.25, 0.3) is 5.91 Å². The molecule has 0 saturated heterocycles. The Bertz CT molecular complexity index is 413. The van der Waals surface area contributed by atoms with Crippen molar-refractivity contribution in [3.8, 4) is 0 Å². The first-order chi connectivity index (χ1) is 8.49. The smallest absolute Gasteiger partial charge is 0.306 e. The maximum Gasteiger partial charge on any atom is 0.306 e. The minimum atomic E-state index is -0.373. The molecule has 0 spiro atoms. The first-order valence-electron chi connectivity index (χ1n) is 5.69. The molecule has 1 aromatic rings. The Hall–Kier alpha value is -2.04. The predicted octanol–water partition coefficient (Wildman–Crippen LogP) is 0.833. The standard InChI is InChI=1S/C13H18N2O3/c1-15(2)12(16)9-18-13(17)8-5-10-3-6-11(14)7-4-10/h3-4,6-7H,5,8-9,14H2,1-2H3. The number of aryl methyl sites for hydroxylation is 1. The molecule has 0 bridgehead atoms. The van der Waals surface area contributed by atoms with Crippen LogP contribution in [0.25, 0.3) is 0 Å². The summed E-state index contributed by atoms with van der Waals surface area (Å²) in [7, 11) is 3.23. The Balaban J connectivity index is 2.29. The number of nitrogen functional groups attached to an aromatic ring is 1. The van der Waals surface area contributed by atoms with Gasteiger partial charge in [-0.25, -0.2) is 0 Å². The van der Waals surface area contributed by atoms with Crippen molar-refractivity contribution in [2.24, 2.45) is 0 Å². The van der Waals surface area contributed by atoms with E-state index >= 15 is 0 Å². The summed E-state index contributed by atoms with van der Waals surface area (Å²) in [6.07, 6.45) is 0.833. The van der Waals surface area contributed by atoms with Crippen LogP contribution in [0.2, 0.25) is 0 Å². The molecule has 0 heterocycles. The van der Waals surface area contributed by atoms with Crippen molar-refractivity contribution in [3.05, 3.63) is 29.8 Å². The van der Waals surface area contributed by atoms with E-state index < -0.39 is 0 Å². The molecule has 98 valence electrons. The molecule has 0 unspecified atom stereocenters. The molecule has 1 aromatic carbocycles. The Kier molecular flexibility index (Phi) is 5.17. The third-order valence-electron chi connectivity index (χ3n) is 2.45. The molecule has 0 aliphatic carbocycles.